The summed E-state index contributed by atoms with van der Waals surface area (Å²) < 4.78 is 0. The smallest absolute Gasteiger partial charge is 0.0681 e. The van der Waals surface area contributed by atoms with E-state index in [-0.39, 0.29) is 6.61 Å². The second kappa shape index (κ2) is 6.02. The lowest BCUT2D eigenvalue weighted by Crippen LogP contribution is -2.20. The predicted molar refractivity (Wildman–Crippen MR) is 66.0 cm³/mol. The topological polar surface area (TPSA) is 32.3 Å². The first-order valence-electron chi connectivity index (χ1n) is 6.28. The van der Waals surface area contributed by atoms with Crippen molar-refractivity contribution >= 4 is 0 Å². The van der Waals surface area contributed by atoms with Crippen molar-refractivity contribution in [3.05, 3.63) is 35.4 Å². The zero-order valence-electron chi connectivity index (χ0n) is 9.78. The van der Waals surface area contributed by atoms with E-state index in [1.807, 2.05) is 12.1 Å². The molecule has 0 spiro atoms. The highest BCUT2D eigenvalue weighted by Crippen LogP contribution is 2.23. The van der Waals surface area contributed by atoms with Crippen molar-refractivity contribution in [2.45, 2.75) is 38.8 Å². The van der Waals surface area contributed by atoms with E-state index in [9.17, 15) is 0 Å². The van der Waals surface area contributed by atoms with Crippen LogP contribution in [0.2, 0.25) is 0 Å². The van der Waals surface area contributed by atoms with Crippen LogP contribution in [0.3, 0.4) is 0 Å². The van der Waals surface area contributed by atoms with Crippen molar-refractivity contribution in [2.75, 3.05) is 6.54 Å². The maximum atomic E-state index is 9.04. The van der Waals surface area contributed by atoms with Crippen molar-refractivity contribution < 1.29 is 5.11 Å². The van der Waals surface area contributed by atoms with Crippen molar-refractivity contribution in [1.82, 2.24) is 5.32 Å². The molecule has 0 unspecified atom stereocenters. The van der Waals surface area contributed by atoms with Gasteiger partial charge in [0, 0.05) is 6.54 Å². The Morgan fingerprint density at radius 3 is 2.69 bits per heavy atom. The van der Waals surface area contributed by atoms with Gasteiger partial charge in [-0.1, -0.05) is 37.1 Å². The quantitative estimate of drug-likeness (QED) is 0.797. The summed E-state index contributed by atoms with van der Waals surface area (Å²) >= 11 is 0. The largest absolute Gasteiger partial charge is 0.392 e. The summed E-state index contributed by atoms with van der Waals surface area (Å²) in [4.78, 5) is 0. The number of hydrogen-bond donors (Lipinski definition) is 2. The first-order valence-corrected chi connectivity index (χ1v) is 6.28. The van der Waals surface area contributed by atoms with Crippen molar-refractivity contribution in [3.63, 3.8) is 0 Å². The molecule has 0 saturated heterocycles. The number of nitrogens with one attached hydrogen (secondary N) is 1. The van der Waals surface area contributed by atoms with Gasteiger partial charge >= 0.3 is 0 Å². The zero-order valence-corrected chi connectivity index (χ0v) is 9.78. The SMILES string of the molecule is OCc1cccc(CNCC2CCCC2)c1. The van der Waals surface area contributed by atoms with Gasteiger partial charge in [0.1, 0.15) is 0 Å². The summed E-state index contributed by atoms with van der Waals surface area (Å²) in [6.07, 6.45) is 5.60. The third kappa shape index (κ3) is 3.32. The average molecular weight is 219 g/mol. The molecule has 1 aromatic carbocycles. The van der Waals surface area contributed by atoms with E-state index < -0.39 is 0 Å². The highest BCUT2D eigenvalue weighted by atomic mass is 16.3. The van der Waals surface area contributed by atoms with Gasteiger partial charge in [-0.05, 0) is 36.4 Å². The Morgan fingerprint density at radius 2 is 1.94 bits per heavy atom. The van der Waals surface area contributed by atoms with Gasteiger partial charge < -0.3 is 10.4 Å². The fourth-order valence-corrected chi connectivity index (χ4v) is 2.47. The number of hydrogen-bond acceptors (Lipinski definition) is 2. The van der Waals surface area contributed by atoms with Crippen LogP contribution in [-0.4, -0.2) is 11.7 Å². The van der Waals surface area contributed by atoms with Gasteiger partial charge in [0.15, 0.2) is 0 Å². The van der Waals surface area contributed by atoms with E-state index in [4.69, 9.17) is 5.11 Å². The van der Waals surface area contributed by atoms with Gasteiger partial charge in [-0.15, -0.1) is 0 Å². The monoisotopic (exact) mass is 219 g/mol. The molecule has 0 bridgehead atoms. The van der Waals surface area contributed by atoms with E-state index in [0.29, 0.717) is 0 Å². The van der Waals surface area contributed by atoms with Gasteiger partial charge in [0.25, 0.3) is 0 Å². The molecule has 2 N–H and O–H groups in total. The van der Waals surface area contributed by atoms with Gasteiger partial charge in [0.2, 0.25) is 0 Å². The molecular formula is C14H21NO. The van der Waals surface area contributed by atoms with Gasteiger partial charge in [0.05, 0.1) is 6.61 Å². The van der Waals surface area contributed by atoms with E-state index in [2.05, 4.69) is 17.4 Å². The summed E-state index contributed by atoms with van der Waals surface area (Å²) in [5.41, 5.74) is 2.27. The van der Waals surface area contributed by atoms with Crippen molar-refractivity contribution in [2.24, 2.45) is 5.92 Å². The first kappa shape index (κ1) is 11.6. The third-order valence-corrected chi connectivity index (χ3v) is 3.41. The number of benzene rings is 1. The Hall–Kier alpha value is -0.860. The van der Waals surface area contributed by atoms with E-state index in [0.717, 1.165) is 24.6 Å². The molecule has 1 aliphatic carbocycles. The highest BCUT2D eigenvalue weighted by molar-refractivity contribution is 5.22. The molecule has 16 heavy (non-hydrogen) atoms. The lowest BCUT2D eigenvalue weighted by atomic mass is 10.1. The van der Waals surface area contributed by atoms with Crippen LogP contribution in [0.25, 0.3) is 0 Å². The zero-order chi connectivity index (χ0) is 11.2. The van der Waals surface area contributed by atoms with Crippen molar-refractivity contribution in [1.29, 1.82) is 0 Å². The Labute approximate surface area is 97.7 Å². The van der Waals surface area contributed by atoms with Gasteiger partial charge in [-0.2, -0.15) is 0 Å². The lowest BCUT2D eigenvalue weighted by Gasteiger charge is -2.10. The van der Waals surface area contributed by atoms with Crippen LogP contribution >= 0.6 is 0 Å². The van der Waals surface area contributed by atoms with Crippen LogP contribution in [0.4, 0.5) is 0 Å². The normalized spacial score (nSPS) is 16.8. The molecule has 0 atom stereocenters. The number of aliphatic hydroxyl groups is 1. The molecule has 0 aliphatic heterocycles. The molecular weight excluding hydrogens is 198 g/mol. The van der Waals surface area contributed by atoms with E-state index in [1.54, 1.807) is 0 Å². The van der Waals surface area contributed by atoms with Crippen molar-refractivity contribution in [3.8, 4) is 0 Å². The molecule has 1 fully saturated rings. The second-order valence-electron chi connectivity index (χ2n) is 4.76. The molecule has 0 heterocycles. The summed E-state index contributed by atoms with van der Waals surface area (Å²) in [7, 11) is 0. The van der Waals surface area contributed by atoms with Gasteiger partial charge in [-0.3, -0.25) is 0 Å². The minimum absolute atomic E-state index is 0.135. The number of rotatable bonds is 5. The molecule has 2 nitrogen and oxygen atoms in total. The summed E-state index contributed by atoms with van der Waals surface area (Å²) in [6.45, 7) is 2.20. The van der Waals surface area contributed by atoms with Crippen LogP contribution in [0.15, 0.2) is 24.3 Å². The molecule has 2 rings (SSSR count). The fourth-order valence-electron chi connectivity index (χ4n) is 2.47. The molecule has 0 radical (unpaired) electrons. The Bertz CT molecular complexity index is 318. The summed E-state index contributed by atoms with van der Waals surface area (Å²) in [6, 6.07) is 8.15. The van der Waals surface area contributed by atoms with Crippen LogP contribution in [-0.2, 0) is 13.2 Å². The second-order valence-corrected chi connectivity index (χ2v) is 4.76. The number of aliphatic hydroxyl groups excluding tert-OH is 1. The molecule has 0 amide bonds. The molecule has 1 aromatic rings. The minimum atomic E-state index is 0.135. The van der Waals surface area contributed by atoms with Crippen LogP contribution in [0.1, 0.15) is 36.8 Å². The maximum absolute atomic E-state index is 9.04. The fraction of sp³-hybridized carbons (Fsp3) is 0.571. The average Bonchev–Trinajstić information content (AvgIpc) is 2.82. The lowest BCUT2D eigenvalue weighted by molar-refractivity contribution is 0.281. The Morgan fingerprint density at radius 1 is 1.19 bits per heavy atom. The van der Waals surface area contributed by atoms with Crippen LogP contribution < -0.4 is 5.32 Å². The maximum Gasteiger partial charge on any atom is 0.0681 e. The standard InChI is InChI=1S/C14H21NO/c16-11-14-7-3-6-13(8-14)10-15-9-12-4-1-2-5-12/h3,6-8,12,15-16H,1-2,4-5,9-11H2. The Kier molecular flexibility index (Phi) is 4.37. The Balaban J connectivity index is 1.75. The molecule has 0 aromatic heterocycles. The summed E-state index contributed by atoms with van der Waals surface area (Å²) in [5.74, 6) is 0.890. The third-order valence-electron chi connectivity index (χ3n) is 3.41. The molecule has 2 heteroatoms. The molecule has 1 saturated carbocycles. The van der Waals surface area contributed by atoms with E-state index >= 15 is 0 Å². The predicted octanol–water partition coefficient (Wildman–Crippen LogP) is 2.46. The molecule has 88 valence electrons. The van der Waals surface area contributed by atoms with Crippen LogP contribution in [0.5, 0.6) is 0 Å². The highest BCUT2D eigenvalue weighted by Gasteiger charge is 2.13. The molecule has 1 aliphatic rings. The minimum Gasteiger partial charge on any atom is -0.392 e. The summed E-state index contributed by atoms with van der Waals surface area (Å²) in [5, 5.41) is 12.6. The first-order chi connectivity index (χ1) is 7.88. The van der Waals surface area contributed by atoms with E-state index in [1.165, 1.54) is 31.2 Å². The van der Waals surface area contributed by atoms with Gasteiger partial charge in [-0.25, -0.2) is 0 Å². The van der Waals surface area contributed by atoms with Crippen LogP contribution in [0, 0.1) is 5.92 Å².